The van der Waals surface area contributed by atoms with Crippen molar-refractivity contribution in [3.63, 3.8) is 0 Å². The molecule has 21 heavy (non-hydrogen) atoms. The average Bonchev–Trinajstić information content (AvgIpc) is 2.86. The molecular weight excluding hydrogens is 299 g/mol. The van der Waals surface area contributed by atoms with E-state index in [1.54, 1.807) is 6.07 Å². The van der Waals surface area contributed by atoms with Crippen molar-refractivity contribution in [1.29, 1.82) is 5.26 Å². The number of nitrogens with one attached hydrogen (secondary N) is 1. The molecule has 3 nitrogen and oxygen atoms in total. The standard InChI is InChI=1S/C14H14F3N3S/c1-8(2)12-7-19-13(21-12)20-10-4-3-9(6-18)11(5-10)14(15,16)17/h3-5,8,12H,7H2,1-2H3,(H,19,20). The van der Waals surface area contributed by atoms with E-state index in [9.17, 15) is 13.2 Å². The zero-order chi connectivity index (χ0) is 15.6. The number of aliphatic imine (C=N–C) groups is 1. The molecule has 1 aliphatic rings. The van der Waals surface area contributed by atoms with Crippen molar-refractivity contribution in [1.82, 2.24) is 0 Å². The fourth-order valence-corrected chi connectivity index (χ4v) is 2.92. The zero-order valence-electron chi connectivity index (χ0n) is 11.5. The van der Waals surface area contributed by atoms with Gasteiger partial charge in [-0.05, 0) is 24.1 Å². The summed E-state index contributed by atoms with van der Waals surface area (Å²) in [5, 5.41) is 12.6. The fourth-order valence-electron chi connectivity index (χ4n) is 1.88. The Morgan fingerprint density at radius 2 is 2.14 bits per heavy atom. The van der Waals surface area contributed by atoms with Crippen LogP contribution in [0.4, 0.5) is 18.9 Å². The zero-order valence-corrected chi connectivity index (χ0v) is 12.3. The maximum absolute atomic E-state index is 12.9. The van der Waals surface area contributed by atoms with E-state index in [1.165, 1.54) is 23.9 Å². The van der Waals surface area contributed by atoms with Gasteiger partial charge in [0.15, 0.2) is 5.17 Å². The second-order valence-corrected chi connectivity index (χ2v) is 6.27. The maximum Gasteiger partial charge on any atom is 0.417 e. The van der Waals surface area contributed by atoms with Crippen LogP contribution in [0, 0.1) is 17.2 Å². The SMILES string of the molecule is CC(C)C1CN=C(Nc2ccc(C#N)c(C(F)(F)F)c2)S1. The van der Waals surface area contributed by atoms with Crippen LogP contribution in [0.15, 0.2) is 23.2 Å². The molecule has 0 bridgehead atoms. The number of anilines is 1. The molecule has 0 fully saturated rings. The van der Waals surface area contributed by atoms with Gasteiger partial charge in [-0.15, -0.1) is 0 Å². The van der Waals surface area contributed by atoms with Gasteiger partial charge in [-0.2, -0.15) is 18.4 Å². The predicted octanol–water partition coefficient (Wildman–Crippen LogP) is 4.12. The molecule has 1 unspecified atom stereocenters. The summed E-state index contributed by atoms with van der Waals surface area (Å²) in [7, 11) is 0. The Hall–Kier alpha value is -1.68. The highest BCUT2D eigenvalue weighted by Crippen LogP contribution is 2.34. The van der Waals surface area contributed by atoms with Crippen molar-refractivity contribution in [2.45, 2.75) is 25.3 Å². The molecule has 0 saturated heterocycles. The van der Waals surface area contributed by atoms with Crippen LogP contribution >= 0.6 is 11.8 Å². The smallest absolute Gasteiger partial charge is 0.335 e. The summed E-state index contributed by atoms with van der Waals surface area (Å²) in [6.07, 6.45) is -4.55. The van der Waals surface area contributed by atoms with Gasteiger partial charge in [0.25, 0.3) is 0 Å². The second-order valence-electron chi connectivity index (χ2n) is 5.04. The first-order valence-corrected chi connectivity index (χ1v) is 7.28. The van der Waals surface area contributed by atoms with Gasteiger partial charge in [0, 0.05) is 10.9 Å². The van der Waals surface area contributed by atoms with E-state index < -0.39 is 11.7 Å². The Morgan fingerprint density at radius 3 is 2.67 bits per heavy atom. The van der Waals surface area contributed by atoms with Gasteiger partial charge < -0.3 is 5.32 Å². The third kappa shape index (κ3) is 3.70. The highest BCUT2D eigenvalue weighted by molar-refractivity contribution is 8.15. The van der Waals surface area contributed by atoms with Gasteiger partial charge in [-0.25, -0.2) is 0 Å². The number of amidine groups is 1. The van der Waals surface area contributed by atoms with Gasteiger partial charge >= 0.3 is 6.18 Å². The molecule has 1 aromatic rings. The van der Waals surface area contributed by atoms with E-state index in [0.29, 0.717) is 22.9 Å². The molecule has 1 aromatic carbocycles. The molecule has 0 amide bonds. The Kier molecular flexibility index (Phi) is 4.47. The highest BCUT2D eigenvalue weighted by Gasteiger charge is 2.34. The van der Waals surface area contributed by atoms with E-state index >= 15 is 0 Å². The first kappa shape index (κ1) is 15.7. The molecule has 1 heterocycles. The highest BCUT2D eigenvalue weighted by atomic mass is 32.2. The average molecular weight is 313 g/mol. The number of halogens is 3. The topological polar surface area (TPSA) is 48.2 Å². The first-order valence-electron chi connectivity index (χ1n) is 6.40. The maximum atomic E-state index is 12.9. The molecule has 7 heteroatoms. The molecule has 1 atom stereocenters. The normalized spacial score (nSPS) is 18.5. The van der Waals surface area contributed by atoms with Gasteiger partial charge in [0.05, 0.1) is 23.7 Å². The van der Waals surface area contributed by atoms with Crippen molar-refractivity contribution in [2.24, 2.45) is 10.9 Å². The molecule has 112 valence electrons. The summed E-state index contributed by atoms with van der Waals surface area (Å²) in [4.78, 5) is 4.29. The molecule has 0 spiro atoms. The summed E-state index contributed by atoms with van der Waals surface area (Å²) in [6.45, 7) is 4.83. The summed E-state index contributed by atoms with van der Waals surface area (Å²) < 4.78 is 38.6. The number of thioether (sulfide) groups is 1. The minimum Gasteiger partial charge on any atom is -0.335 e. The number of hydrogen-bond acceptors (Lipinski definition) is 4. The van der Waals surface area contributed by atoms with Gasteiger partial charge in [-0.3, -0.25) is 4.99 Å². The lowest BCUT2D eigenvalue weighted by molar-refractivity contribution is -0.137. The van der Waals surface area contributed by atoms with Gasteiger partial charge in [0.1, 0.15) is 0 Å². The number of nitriles is 1. The van der Waals surface area contributed by atoms with Gasteiger partial charge in [0.2, 0.25) is 0 Å². The number of hydrogen-bond donors (Lipinski definition) is 1. The molecule has 2 rings (SSSR count). The van der Waals surface area contributed by atoms with Crippen molar-refractivity contribution in [2.75, 3.05) is 11.9 Å². The lowest BCUT2D eigenvalue weighted by Gasteiger charge is -2.14. The molecular formula is C14H14F3N3S. The van der Waals surface area contributed by atoms with E-state index in [0.717, 1.165) is 6.07 Å². The second kappa shape index (κ2) is 5.98. The number of rotatable bonds is 2. The predicted molar refractivity (Wildman–Crippen MR) is 78.3 cm³/mol. The Labute approximate surface area is 125 Å². The number of alkyl halides is 3. The van der Waals surface area contributed by atoms with Crippen LogP contribution < -0.4 is 5.32 Å². The van der Waals surface area contributed by atoms with E-state index in [2.05, 4.69) is 24.2 Å². The van der Waals surface area contributed by atoms with Crippen LogP contribution in [0.2, 0.25) is 0 Å². The van der Waals surface area contributed by atoms with Gasteiger partial charge in [-0.1, -0.05) is 25.6 Å². The van der Waals surface area contributed by atoms with Crippen molar-refractivity contribution in [3.05, 3.63) is 29.3 Å². The molecule has 0 saturated carbocycles. The lowest BCUT2D eigenvalue weighted by Crippen LogP contribution is -2.14. The molecule has 0 aliphatic carbocycles. The van der Waals surface area contributed by atoms with Crippen LogP contribution in [0.1, 0.15) is 25.0 Å². The molecule has 0 aromatic heterocycles. The lowest BCUT2D eigenvalue weighted by atomic mass is 10.1. The minimum atomic E-state index is -4.55. The third-order valence-corrected chi connectivity index (χ3v) is 4.57. The Balaban J connectivity index is 2.18. The summed E-state index contributed by atoms with van der Waals surface area (Å²) in [5.41, 5.74) is -1.02. The Bertz CT molecular complexity index is 602. The first-order chi connectivity index (χ1) is 9.81. The van der Waals surface area contributed by atoms with E-state index in [-0.39, 0.29) is 11.3 Å². The van der Waals surface area contributed by atoms with Crippen LogP contribution in [0.5, 0.6) is 0 Å². The van der Waals surface area contributed by atoms with Crippen molar-refractivity contribution >= 4 is 22.6 Å². The number of benzene rings is 1. The van der Waals surface area contributed by atoms with Crippen LogP contribution in [0.3, 0.4) is 0 Å². The minimum absolute atomic E-state index is 0.289. The summed E-state index contributed by atoms with van der Waals surface area (Å²) >= 11 is 1.53. The quantitative estimate of drug-likeness (QED) is 0.893. The van der Waals surface area contributed by atoms with Crippen LogP contribution in [-0.4, -0.2) is 17.0 Å². The van der Waals surface area contributed by atoms with Crippen molar-refractivity contribution in [3.8, 4) is 6.07 Å². The monoisotopic (exact) mass is 313 g/mol. The largest absolute Gasteiger partial charge is 0.417 e. The van der Waals surface area contributed by atoms with Crippen LogP contribution in [-0.2, 0) is 6.18 Å². The van der Waals surface area contributed by atoms with Crippen molar-refractivity contribution < 1.29 is 13.2 Å². The Morgan fingerprint density at radius 1 is 1.43 bits per heavy atom. The number of nitrogens with zero attached hydrogens (tertiary/aromatic N) is 2. The molecule has 1 aliphatic heterocycles. The fraction of sp³-hybridized carbons (Fsp3) is 0.429. The molecule has 1 N–H and O–H groups in total. The van der Waals surface area contributed by atoms with E-state index in [4.69, 9.17) is 5.26 Å². The van der Waals surface area contributed by atoms with Crippen LogP contribution in [0.25, 0.3) is 0 Å². The third-order valence-electron chi connectivity index (χ3n) is 3.12. The molecule has 0 radical (unpaired) electrons. The summed E-state index contributed by atoms with van der Waals surface area (Å²) in [6, 6.07) is 5.14. The van der Waals surface area contributed by atoms with E-state index in [1.807, 2.05) is 0 Å². The summed E-state index contributed by atoms with van der Waals surface area (Å²) in [5.74, 6) is 0.449.